The largest absolute Gasteiger partial charge is 0.493 e. The molecule has 0 radical (unpaired) electrons. The van der Waals surface area contributed by atoms with Gasteiger partial charge < -0.3 is 19.5 Å². The van der Waals surface area contributed by atoms with E-state index in [4.69, 9.17) is 14.2 Å². The molecule has 1 fully saturated rings. The first kappa shape index (κ1) is 13.2. The summed E-state index contributed by atoms with van der Waals surface area (Å²) < 4.78 is 16.4. The first-order chi connectivity index (χ1) is 8.67. The molecule has 18 heavy (non-hydrogen) atoms. The van der Waals surface area contributed by atoms with Crippen LogP contribution in [0.15, 0.2) is 18.2 Å². The second-order valence-corrected chi connectivity index (χ2v) is 4.84. The predicted octanol–water partition coefficient (Wildman–Crippen LogP) is 1.62. The topological polar surface area (TPSA) is 39.7 Å². The van der Waals surface area contributed by atoms with Crippen molar-refractivity contribution in [2.75, 3.05) is 33.9 Å². The second-order valence-electron chi connectivity index (χ2n) is 4.84. The second kappa shape index (κ2) is 5.59. The Morgan fingerprint density at radius 1 is 1.28 bits per heavy atom. The fourth-order valence-electron chi connectivity index (χ4n) is 2.31. The molecule has 0 spiro atoms. The minimum Gasteiger partial charge on any atom is -0.493 e. The zero-order valence-electron chi connectivity index (χ0n) is 11.3. The van der Waals surface area contributed by atoms with Crippen LogP contribution in [0.25, 0.3) is 0 Å². The third-order valence-electron chi connectivity index (χ3n) is 3.25. The average molecular weight is 251 g/mol. The third-order valence-corrected chi connectivity index (χ3v) is 3.25. The molecule has 1 aliphatic rings. The van der Waals surface area contributed by atoms with Gasteiger partial charge in [-0.15, -0.1) is 0 Å². The van der Waals surface area contributed by atoms with Gasteiger partial charge in [0, 0.05) is 19.5 Å². The van der Waals surface area contributed by atoms with Crippen LogP contribution in [0, 0.1) is 0 Å². The predicted molar refractivity (Wildman–Crippen MR) is 70.5 cm³/mol. The summed E-state index contributed by atoms with van der Waals surface area (Å²) in [4.78, 5) is 0. The van der Waals surface area contributed by atoms with E-state index in [1.807, 2.05) is 12.1 Å². The summed E-state index contributed by atoms with van der Waals surface area (Å²) in [7, 11) is 3.30. The van der Waals surface area contributed by atoms with Crippen LogP contribution in [0.5, 0.6) is 11.5 Å². The van der Waals surface area contributed by atoms with Gasteiger partial charge in [0.05, 0.1) is 26.4 Å². The maximum atomic E-state index is 5.86. The van der Waals surface area contributed by atoms with Gasteiger partial charge in [0.25, 0.3) is 0 Å². The Balaban J connectivity index is 2.13. The maximum Gasteiger partial charge on any atom is 0.160 e. The van der Waals surface area contributed by atoms with Crippen molar-refractivity contribution in [3.8, 4) is 11.5 Å². The quantitative estimate of drug-likeness (QED) is 0.883. The smallest absolute Gasteiger partial charge is 0.160 e. The van der Waals surface area contributed by atoms with Crippen molar-refractivity contribution in [3.05, 3.63) is 23.8 Å². The summed E-state index contributed by atoms with van der Waals surface area (Å²) in [6.45, 7) is 4.71. The highest BCUT2D eigenvalue weighted by Crippen LogP contribution is 2.29. The number of hydrogen-bond donors (Lipinski definition) is 1. The van der Waals surface area contributed by atoms with Gasteiger partial charge in [0.2, 0.25) is 0 Å². The molecular weight excluding hydrogens is 230 g/mol. The molecule has 1 unspecified atom stereocenters. The number of nitrogens with one attached hydrogen (secondary N) is 1. The maximum absolute atomic E-state index is 5.86. The average Bonchev–Trinajstić information content (AvgIpc) is 2.39. The summed E-state index contributed by atoms with van der Waals surface area (Å²) in [5.74, 6) is 1.52. The van der Waals surface area contributed by atoms with Gasteiger partial charge in [-0.1, -0.05) is 6.07 Å². The van der Waals surface area contributed by atoms with Crippen LogP contribution in [-0.2, 0) is 11.2 Å². The molecule has 1 atom stereocenters. The van der Waals surface area contributed by atoms with Crippen LogP contribution < -0.4 is 14.8 Å². The summed E-state index contributed by atoms with van der Waals surface area (Å²) in [6, 6.07) is 6.01. The molecule has 0 bridgehead atoms. The molecule has 4 nitrogen and oxygen atoms in total. The number of ether oxygens (including phenoxy) is 3. The van der Waals surface area contributed by atoms with E-state index in [1.165, 1.54) is 5.56 Å². The highest BCUT2D eigenvalue weighted by molar-refractivity contribution is 5.43. The lowest BCUT2D eigenvalue weighted by molar-refractivity contribution is -0.0517. The van der Waals surface area contributed by atoms with E-state index in [0.717, 1.165) is 37.6 Å². The van der Waals surface area contributed by atoms with Gasteiger partial charge in [0.15, 0.2) is 11.5 Å². The zero-order chi connectivity index (χ0) is 13.0. The van der Waals surface area contributed by atoms with E-state index in [2.05, 4.69) is 18.3 Å². The minimum atomic E-state index is -0.141. The van der Waals surface area contributed by atoms with Crippen LogP contribution in [0.4, 0.5) is 0 Å². The van der Waals surface area contributed by atoms with Crippen molar-refractivity contribution in [2.45, 2.75) is 18.9 Å². The zero-order valence-corrected chi connectivity index (χ0v) is 11.3. The minimum absolute atomic E-state index is 0.141. The summed E-state index contributed by atoms with van der Waals surface area (Å²) in [5, 5.41) is 3.37. The lowest BCUT2D eigenvalue weighted by atomic mass is 9.95. The number of hydrogen-bond acceptors (Lipinski definition) is 4. The normalized spacial score (nSPS) is 23.7. The molecule has 1 N–H and O–H groups in total. The lowest BCUT2D eigenvalue weighted by Gasteiger charge is -2.34. The van der Waals surface area contributed by atoms with E-state index in [1.54, 1.807) is 14.2 Å². The van der Waals surface area contributed by atoms with Gasteiger partial charge in [-0.05, 0) is 24.6 Å². The van der Waals surface area contributed by atoms with Crippen molar-refractivity contribution in [1.82, 2.24) is 5.32 Å². The van der Waals surface area contributed by atoms with Crippen LogP contribution in [0.1, 0.15) is 12.5 Å². The Bertz CT molecular complexity index is 400. The summed E-state index contributed by atoms with van der Waals surface area (Å²) >= 11 is 0. The van der Waals surface area contributed by atoms with Crippen LogP contribution in [0.3, 0.4) is 0 Å². The molecule has 0 aliphatic carbocycles. The molecule has 1 aromatic carbocycles. The van der Waals surface area contributed by atoms with Crippen molar-refractivity contribution in [2.24, 2.45) is 0 Å². The Kier molecular flexibility index (Phi) is 4.09. The van der Waals surface area contributed by atoms with Crippen molar-refractivity contribution in [3.63, 3.8) is 0 Å². The molecule has 1 aliphatic heterocycles. The SMILES string of the molecule is COc1ccc(CC2(C)CNCCO2)cc1OC. The van der Waals surface area contributed by atoms with Crippen molar-refractivity contribution in [1.29, 1.82) is 0 Å². The molecular formula is C14H21NO3. The Morgan fingerprint density at radius 2 is 2.06 bits per heavy atom. The summed E-state index contributed by atoms with van der Waals surface area (Å²) in [6.07, 6.45) is 0.861. The third kappa shape index (κ3) is 2.94. The molecule has 2 rings (SSSR count). The number of benzene rings is 1. The van der Waals surface area contributed by atoms with Gasteiger partial charge in [-0.3, -0.25) is 0 Å². The molecule has 0 amide bonds. The molecule has 1 saturated heterocycles. The van der Waals surface area contributed by atoms with E-state index in [0.29, 0.717) is 0 Å². The van der Waals surface area contributed by atoms with E-state index in [-0.39, 0.29) is 5.60 Å². The van der Waals surface area contributed by atoms with E-state index < -0.39 is 0 Å². The number of rotatable bonds is 4. The molecule has 0 saturated carbocycles. The molecule has 1 heterocycles. The highest BCUT2D eigenvalue weighted by atomic mass is 16.5. The molecule has 1 aromatic rings. The lowest BCUT2D eigenvalue weighted by Crippen LogP contribution is -2.49. The molecule has 0 aromatic heterocycles. The molecule has 100 valence electrons. The standard InChI is InChI=1S/C14H21NO3/c1-14(10-15-6-7-18-14)9-11-4-5-12(16-2)13(8-11)17-3/h4-5,8,15H,6-7,9-10H2,1-3H3. The van der Waals surface area contributed by atoms with Gasteiger partial charge in [-0.2, -0.15) is 0 Å². The van der Waals surface area contributed by atoms with Gasteiger partial charge in [-0.25, -0.2) is 0 Å². The number of morpholine rings is 1. The van der Waals surface area contributed by atoms with Crippen LogP contribution in [0.2, 0.25) is 0 Å². The van der Waals surface area contributed by atoms with Crippen LogP contribution >= 0.6 is 0 Å². The van der Waals surface area contributed by atoms with E-state index in [9.17, 15) is 0 Å². The van der Waals surface area contributed by atoms with Crippen LogP contribution in [-0.4, -0.2) is 39.5 Å². The number of methoxy groups -OCH3 is 2. The van der Waals surface area contributed by atoms with Crippen molar-refractivity contribution < 1.29 is 14.2 Å². The summed E-state index contributed by atoms with van der Waals surface area (Å²) in [5.41, 5.74) is 1.05. The monoisotopic (exact) mass is 251 g/mol. The molecule has 4 heteroatoms. The van der Waals surface area contributed by atoms with Crippen molar-refractivity contribution >= 4 is 0 Å². The first-order valence-corrected chi connectivity index (χ1v) is 6.22. The Labute approximate surface area is 108 Å². The van der Waals surface area contributed by atoms with Gasteiger partial charge in [0.1, 0.15) is 0 Å². The fourth-order valence-corrected chi connectivity index (χ4v) is 2.31. The van der Waals surface area contributed by atoms with E-state index >= 15 is 0 Å². The van der Waals surface area contributed by atoms with Gasteiger partial charge >= 0.3 is 0 Å². The fraction of sp³-hybridized carbons (Fsp3) is 0.571. The first-order valence-electron chi connectivity index (χ1n) is 6.22. The Morgan fingerprint density at radius 3 is 2.67 bits per heavy atom. The highest BCUT2D eigenvalue weighted by Gasteiger charge is 2.28. The Hall–Kier alpha value is -1.26.